The molecule has 0 saturated carbocycles. The van der Waals surface area contributed by atoms with Crippen LogP contribution < -0.4 is 4.90 Å². The van der Waals surface area contributed by atoms with Crippen LogP contribution in [0.4, 0.5) is 17.1 Å². The topological polar surface area (TPSA) is 3.24 Å². The lowest BCUT2D eigenvalue weighted by Crippen LogP contribution is -2.12. The van der Waals surface area contributed by atoms with Gasteiger partial charge in [-0.3, -0.25) is 0 Å². The zero-order valence-electron chi connectivity index (χ0n) is 27.0. The third kappa shape index (κ3) is 5.42. The van der Waals surface area contributed by atoms with E-state index in [1.165, 1.54) is 71.4 Å². The fourth-order valence-electron chi connectivity index (χ4n) is 7.10. The molecule has 0 atom stereocenters. The second kappa shape index (κ2) is 12.3. The van der Waals surface area contributed by atoms with Crippen molar-refractivity contribution in [1.82, 2.24) is 0 Å². The van der Waals surface area contributed by atoms with Crippen molar-refractivity contribution in [3.63, 3.8) is 0 Å². The number of hydrogen-bond acceptors (Lipinski definition) is 1. The number of anilines is 3. The molecule has 0 aliphatic rings. The first-order valence-corrected chi connectivity index (χ1v) is 16.8. The lowest BCUT2D eigenvalue weighted by molar-refractivity contribution is 1.30. The Balaban J connectivity index is 1.21. The van der Waals surface area contributed by atoms with E-state index < -0.39 is 0 Å². The van der Waals surface area contributed by atoms with Gasteiger partial charge in [0.2, 0.25) is 0 Å². The molecule has 0 aliphatic carbocycles. The Morgan fingerprint density at radius 3 is 1.24 bits per heavy atom. The summed E-state index contributed by atoms with van der Waals surface area (Å²) >= 11 is 0. The second-order valence-corrected chi connectivity index (χ2v) is 12.6. The molecule has 230 valence electrons. The van der Waals surface area contributed by atoms with Gasteiger partial charge in [-0.15, -0.1) is 0 Å². The third-order valence-corrected chi connectivity index (χ3v) is 9.63. The second-order valence-electron chi connectivity index (χ2n) is 12.6. The van der Waals surface area contributed by atoms with E-state index in [0.717, 1.165) is 11.4 Å². The van der Waals surface area contributed by atoms with E-state index in [1.54, 1.807) is 0 Å². The van der Waals surface area contributed by atoms with E-state index in [2.05, 4.69) is 205 Å². The molecule has 0 bridgehead atoms. The Morgan fingerprint density at radius 1 is 0.265 bits per heavy atom. The van der Waals surface area contributed by atoms with E-state index >= 15 is 0 Å². The van der Waals surface area contributed by atoms with Crippen LogP contribution in [-0.4, -0.2) is 0 Å². The lowest BCUT2D eigenvalue weighted by atomic mass is 9.96. The van der Waals surface area contributed by atoms with E-state index in [-0.39, 0.29) is 0 Å². The predicted octanol–water partition coefficient (Wildman–Crippen LogP) is 13.6. The molecule has 1 nitrogen and oxygen atoms in total. The van der Waals surface area contributed by atoms with E-state index in [4.69, 9.17) is 0 Å². The molecule has 0 aromatic heterocycles. The Kier molecular flexibility index (Phi) is 7.22. The van der Waals surface area contributed by atoms with Gasteiger partial charge in [-0.2, -0.15) is 0 Å². The molecule has 9 rings (SSSR count). The summed E-state index contributed by atoms with van der Waals surface area (Å²) in [6, 6.07) is 72.6. The molecule has 0 fully saturated rings. The first-order valence-electron chi connectivity index (χ1n) is 16.8. The largest absolute Gasteiger partial charge is 0.309 e. The van der Waals surface area contributed by atoms with Gasteiger partial charge in [0, 0.05) is 22.3 Å². The molecule has 0 aliphatic heterocycles. The first kappa shape index (κ1) is 28.8. The Morgan fingerprint density at radius 2 is 0.694 bits per heavy atom. The Hall–Kier alpha value is -6.44. The maximum absolute atomic E-state index is 2.43. The molecule has 9 aromatic rings. The highest BCUT2D eigenvalue weighted by molar-refractivity contribution is 6.06. The summed E-state index contributed by atoms with van der Waals surface area (Å²) in [7, 11) is 0. The van der Waals surface area contributed by atoms with Crippen LogP contribution in [0.15, 0.2) is 200 Å². The first-order chi connectivity index (χ1) is 24.3. The van der Waals surface area contributed by atoms with Gasteiger partial charge in [-0.05, 0) is 91.1 Å². The standard InChI is InChI=1S/C48H33N/c1-2-12-38(13-3-1)47-31-26-39-14-8-9-17-46(39)48(47)49(44-27-22-36(23-28-44)42-20-18-34-10-4-6-15-40(34)32-42)45-29-24-37(25-30-45)43-21-19-35-11-5-7-16-41(35)33-43/h1-33H. The van der Waals surface area contributed by atoms with E-state index in [0.29, 0.717) is 0 Å². The van der Waals surface area contributed by atoms with Crippen molar-refractivity contribution >= 4 is 49.4 Å². The van der Waals surface area contributed by atoms with Crippen molar-refractivity contribution in [2.75, 3.05) is 4.90 Å². The van der Waals surface area contributed by atoms with Gasteiger partial charge in [0.15, 0.2) is 0 Å². The summed E-state index contributed by atoms with van der Waals surface area (Å²) in [5, 5.41) is 7.43. The van der Waals surface area contributed by atoms with Gasteiger partial charge in [-0.1, -0.05) is 164 Å². The van der Waals surface area contributed by atoms with Crippen molar-refractivity contribution in [2.24, 2.45) is 0 Å². The van der Waals surface area contributed by atoms with Crippen molar-refractivity contribution in [3.8, 4) is 33.4 Å². The van der Waals surface area contributed by atoms with Crippen LogP contribution in [0.25, 0.3) is 65.7 Å². The SMILES string of the molecule is c1ccc(-c2ccc3ccccc3c2N(c2ccc(-c3ccc4ccccc4c3)cc2)c2ccc(-c3ccc4ccccc4c3)cc2)cc1. The van der Waals surface area contributed by atoms with Crippen LogP contribution in [0.3, 0.4) is 0 Å². The van der Waals surface area contributed by atoms with Gasteiger partial charge in [0.1, 0.15) is 0 Å². The van der Waals surface area contributed by atoms with E-state index in [9.17, 15) is 0 Å². The highest BCUT2D eigenvalue weighted by atomic mass is 15.1. The van der Waals surface area contributed by atoms with Crippen LogP contribution in [0.1, 0.15) is 0 Å². The maximum atomic E-state index is 2.43. The summed E-state index contributed by atoms with van der Waals surface area (Å²) in [6.45, 7) is 0. The number of nitrogens with zero attached hydrogens (tertiary/aromatic N) is 1. The zero-order chi connectivity index (χ0) is 32.6. The summed E-state index contributed by atoms with van der Waals surface area (Å²) in [5.41, 5.74) is 10.6. The predicted molar refractivity (Wildman–Crippen MR) is 210 cm³/mol. The van der Waals surface area contributed by atoms with Gasteiger partial charge < -0.3 is 4.90 Å². The average Bonchev–Trinajstić information content (AvgIpc) is 3.18. The third-order valence-electron chi connectivity index (χ3n) is 9.63. The fraction of sp³-hybridized carbons (Fsp3) is 0. The Bertz CT molecular complexity index is 2460. The summed E-state index contributed by atoms with van der Waals surface area (Å²) in [5.74, 6) is 0. The fourth-order valence-corrected chi connectivity index (χ4v) is 7.10. The molecule has 0 heterocycles. The Labute approximate surface area is 287 Å². The van der Waals surface area contributed by atoms with Gasteiger partial charge in [0.05, 0.1) is 5.69 Å². The number of hydrogen-bond donors (Lipinski definition) is 0. The number of benzene rings is 9. The van der Waals surface area contributed by atoms with Crippen molar-refractivity contribution in [3.05, 3.63) is 200 Å². The average molecular weight is 624 g/mol. The summed E-state index contributed by atoms with van der Waals surface area (Å²) in [6.07, 6.45) is 0. The van der Waals surface area contributed by atoms with Crippen LogP contribution >= 0.6 is 0 Å². The summed E-state index contributed by atoms with van der Waals surface area (Å²) < 4.78 is 0. The monoisotopic (exact) mass is 623 g/mol. The maximum Gasteiger partial charge on any atom is 0.0618 e. The molecule has 0 N–H and O–H groups in total. The lowest BCUT2D eigenvalue weighted by Gasteiger charge is -2.30. The number of rotatable bonds is 6. The van der Waals surface area contributed by atoms with Crippen molar-refractivity contribution in [1.29, 1.82) is 0 Å². The van der Waals surface area contributed by atoms with Gasteiger partial charge >= 0.3 is 0 Å². The molecule has 49 heavy (non-hydrogen) atoms. The molecular formula is C48H33N. The van der Waals surface area contributed by atoms with Crippen LogP contribution in [0.2, 0.25) is 0 Å². The molecule has 0 unspecified atom stereocenters. The number of fused-ring (bicyclic) bond motifs is 3. The molecule has 0 amide bonds. The highest BCUT2D eigenvalue weighted by Crippen LogP contribution is 2.45. The molecule has 0 spiro atoms. The van der Waals surface area contributed by atoms with Crippen molar-refractivity contribution in [2.45, 2.75) is 0 Å². The highest BCUT2D eigenvalue weighted by Gasteiger charge is 2.20. The van der Waals surface area contributed by atoms with Crippen LogP contribution in [0.5, 0.6) is 0 Å². The zero-order valence-corrected chi connectivity index (χ0v) is 27.0. The minimum absolute atomic E-state index is 1.11. The minimum Gasteiger partial charge on any atom is -0.309 e. The minimum atomic E-state index is 1.11. The van der Waals surface area contributed by atoms with Gasteiger partial charge in [0.25, 0.3) is 0 Å². The quantitative estimate of drug-likeness (QED) is 0.178. The smallest absolute Gasteiger partial charge is 0.0618 e. The molecule has 1 heteroatoms. The van der Waals surface area contributed by atoms with E-state index in [1.807, 2.05) is 0 Å². The van der Waals surface area contributed by atoms with Gasteiger partial charge in [-0.25, -0.2) is 0 Å². The summed E-state index contributed by atoms with van der Waals surface area (Å²) in [4.78, 5) is 2.43. The van der Waals surface area contributed by atoms with Crippen LogP contribution in [0, 0.1) is 0 Å². The van der Waals surface area contributed by atoms with Crippen LogP contribution in [-0.2, 0) is 0 Å². The molecule has 0 saturated heterocycles. The molecule has 9 aromatic carbocycles. The molecular weight excluding hydrogens is 591 g/mol. The van der Waals surface area contributed by atoms with Crippen molar-refractivity contribution < 1.29 is 0 Å². The normalized spacial score (nSPS) is 11.3. The molecule has 0 radical (unpaired) electrons.